The van der Waals surface area contributed by atoms with Crippen molar-refractivity contribution in [2.45, 2.75) is 96.8 Å². The molecule has 0 saturated heterocycles. The molecule has 2 aromatic rings. The third-order valence-corrected chi connectivity index (χ3v) is 5.92. The molecule has 0 bridgehead atoms. The fraction of sp³-hybridized carbons (Fsp3) is 0.536. The van der Waals surface area contributed by atoms with Gasteiger partial charge in [-0.05, 0) is 30.0 Å². The Morgan fingerprint density at radius 1 is 0.710 bits per heavy atom. The highest BCUT2D eigenvalue weighted by Gasteiger charge is 2.14. The number of rotatable bonds is 16. The minimum atomic E-state index is -1.27. The van der Waals surface area contributed by atoms with E-state index in [-0.39, 0.29) is 0 Å². The van der Waals surface area contributed by atoms with Crippen LogP contribution in [0, 0.1) is 0 Å². The summed E-state index contributed by atoms with van der Waals surface area (Å²) < 4.78 is 5.08. The zero-order chi connectivity index (χ0) is 22.2. The molecule has 0 atom stereocenters. The van der Waals surface area contributed by atoms with E-state index in [0.29, 0.717) is 5.75 Å². The minimum Gasteiger partial charge on any atom is -0.449 e. The molecular formula is C28H40O3. The van der Waals surface area contributed by atoms with Crippen molar-refractivity contribution < 1.29 is 14.6 Å². The second-order valence-corrected chi connectivity index (χ2v) is 8.52. The smallest absolute Gasteiger partial charge is 0.449 e. The Morgan fingerprint density at radius 3 is 1.81 bits per heavy atom. The van der Waals surface area contributed by atoms with E-state index in [1.165, 1.54) is 77.0 Å². The standard InChI is InChI=1S/C28H40O3/c1-2-3-4-5-6-7-8-9-10-11-12-13-15-19-25-22-18-23-26(31-28(29)30)27(25)24-20-16-14-17-21-24/h14,16-18,20-23H,2-13,15,19H2,1H3,(H,29,30). The molecule has 0 aliphatic carbocycles. The Hall–Kier alpha value is -2.29. The molecular weight excluding hydrogens is 384 g/mol. The number of benzene rings is 2. The van der Waals surface area contributed by atoms with Gasteiger partial charge in [0.15, 0.2) is 0 Å². The predicted molar refractivity (Wildman–Crippen MR) is 130 cm³/mol. The van der Waals surface area contributed by atoms with E-state index in [9.17, 15) is 4.79 Å². The van der Waals surface area contributed by atoms with Crippen molar-refractivity contribution in [2.75, 3.05) is 0 Å². The molecule has 2 rings (SSSR count). The summed E-state index contributed by atoms with van der Waals surface area (Å²) in [5.74, 6) is 0.422. The van der Waals surface area contributed by atoms with E-state index < -0.39 is 6.16 Å². The molecule has 0 radical (unpaired) electrons. The van der Waals surface area contributed by atoms with E-state index in [2.05, 4.69) is 13.0 Å². The van der Waals surface area contributed by atoms with Crippen molar-refractivity contribution in [1.29, 1.82) is 0 Å². The molecule has 3 nitrogen and oxygen atoms in total. The normalized spacial score (nSPS) is 10.9. The van der Waals surface area contributed by atoms with Crippen LogP contribution in [0.1, 0.15) is 96.0 Å². The summed E-state index contributed by atoms with van der Waals surface area (Å²) in [6, 6.07) is 15.7. The molecule has 0 spiro atoms. The van der Waals surface area contributed by atoms with Crippen molar-refractivity contribution in [3.63, 3.8) is 0 Å². The largest absolute Gasteiger partial charge is 0.511 e. The van der Waals surface area contributed by atoms with E-state index in [0.717, 1.165) is 29.5 Å². The van der Waals surface area contributed by atoms with Gasteiger partial charge in [-0.1, -0.05) is 126 Å². The average molecular weight is 425 g/mol. The van der Waals surface area contributed by atoms with Crippen LogP contribution in [0.15, 0.2) is 48.5 Å². The zero-order valence-corrected chi connectivity index (χ0v) is 19.3. The number of aryl methyl sites for hydroxylation is 1. The van der Waals surface area contributed by atoms with E-state index in [1.54, 1.807) is 6.07 Å². The van der Waals surface area contributed by atoms with E-state index >= 15 is 0 Å². The molecule has 0 saturated carbocycles. The predicted octanol–water partition coefficient (Wildman–Crippen LogP) is 9.04. The second kappa shape index (κ2) is 15.5. The molecule has 2 aromatic carbocycles. The summed E-state index contributed by atoms with van der Waals surface area (Å²) >= 11 is 0. The highest BCUT2D eigenvalue weighted by molar-refractivity contribution is 5.77. The zero-order valence-electron chi connectivity index (χ0n) is 19.3. The molecule has 0 amide bonds. The summed E-state index contributed by atoms with van der Waals surface area (Å²) in [5.41, 5.74) is 3.07. The fourth-order valence-corrected chi connectivity index (χ4v) is 4.23. The van der Waals surface area contributed by atoms with Crippen molar-refractivity contribution in [3.05, 3.63) is 54.1 Å². The number of hydrogen-bond donors (Lipinski definition) is 1. The summed E-state index contributed by atoms with van der Waals surface area (Å²) in [5, 5.41) is 9.11. The SMILES string of the molecule is CCCCCCCCCCCCCCCc1cccc(OC(=O)O)c1-c1ccccc1. The first-order valence-corrected chi connectivity index (χ1v) is 12.3. The summed E-state index contributed by atoms with van der Waals surface area (Å²) in [7, 11) is 0. The van der Waals surface area contributed by atoms with Gasteiger partial charge >= 0.3 is 6.16 Å². The Balaban J connectivity index is 1.71. The molecule has 170 valence electrons. The van der Waals surface area contributed by atoms with Crippen LogP contribution in [0.25, 0.3) is 11.1 Å². The van der Waals surface area contributed by atoms with Crippen LogP contribution in [-0.2, 0) is 6.42 Å². The van der Waals surface area contributed by atoms with Crippen LogP contribution in [0.2, 0.25) is 0 Å². The molecule has 1 N–H and O–H groups in total. The highest BCUT2D eigenvalue weighted by atomic mass is 16.7. The van der Waals surface area contributed by atoms with Crippen molar-refractivity contribution in [1.82, 2.24) is 0 Å². The number of unbranched alkanes of at least 4 members (excludes halogenated alkanes) is 12. The van der Waals surface area contributed by atoms with Gasteiger partial charge in [-0.25, -0.2) is 4.79 Å². The quantitative estimate of drug-likeness (QED) is 0.166. The third-order valence-electron chi connectivity index (χ3n) is 5.92. The van der Waals surface area contributed by atoms with Crippen LogP contribution in [-0.4, -0.2) is 11.3 Å². The maximum Gasteiger partial charge on any atom is 0.511 e. The highest BCUT2D eigenvalue weighted by Crippen LogP contribution is 2.34. The number of hydrogen-bond acceptors (Lipinski definition) is 2. The first kappa shape index (κ1) is 25.0. The Kier molecular flexibility index (Phi) is 12.5. The lowest BCUT2D eigenvalue weighted by atomic mass is 9.94. The van der Waals surface area contributed by atoms with Crippen molar-refractivity contribution in [3.8, 4) is 16.9 Å². The number of carboxylic acid groups (broad SMARTS) is 1. The van der Waals surface area contributed by atoms with Crippen LogP contribution >= 0.6 is 0 Å². The minimum absolute atomic E-state index is 0.422. The van der Waals surface area contributed by atoms with Gasteiger partial charge in [-0.2, -0.15) is 0 Å². The molecule has 0 fully saturated rings. The molecule has 3 heteroatoms. The maximum absolute atomic E-state index is 11.1. The average Bonchev–Trinajstić information content (AvgIpc) is 2.77. The Labute approximate surface area is 188 Å². The van der Waals surface area contributed by atoms with Gasteiger partial charge in [0.1, 0.15) is 5.75 Å². The maximum atomic E-state index is 11.1. The Bertz CT molecular complexity index is 739. The van der Waals surface area contributed by atoms with E-state index in [1.807, 2.05) is 36.4 Å². The van der Waals surface area contributed by atoms with Gasteiger partial charge in [-0.15, -0.1) is 0 Å². The van der Waals surface area contributed by atoms with Crippen LogP contribution in [0.3, 0.4) is 0 Å². The molecule has 0 heterocycles. The monoisotopic (exact) mass is 424 g/mol. The molecule has 0 aliphatic heterocycles. The van der Waals surface area contributed by atoms with Gasteiger partial charge in [0.25, 0.3) is 0 Å². The Morgan fingerprint density at radius 2 is 1.26 bits per heavy atom. The topological polar surface area (TPSA) is 46.5 Å². The number of ether oxygens (including phenoxy) is 1. The first-order valence-electron chi connectivity index (χ1n) is 12.3. The summed E-state index contributed by atoms with van der Waals surface area (Å²) in [6.45, 7) is 2.27. The van der Waals surface area contributed by atoms with Gasteiger partial charge < -0.3 is 9.84 Å². The summed E-state index contributed by atoms with van der Waals surface area (Å²) in [4.78, 5) is 11.1. The van der Waals surface area contributed by atoms with Crippen molar-refractivity contribution in [2.24, 2.45) is 0 Å². The molecule has 0 aromatic heterocycles. The fourth-order valence-electron chi connectivity index (χ4n) is 4.23. The molecule has 31 heavy (non-hydrogen) atoms. The van der Waals surface area contributed by atoms with Gasteiger partial charge in [0.2, 0.25) is 0 Å². The van der Waals surface area contributed by atoms with Gasteiger partial charge in [0.05, 0.1) is 0 Å². The lowest BCUT2D eigenvalue weighted by molar-refractivity contribution is 0.144. The molecule has 0 aliphatic rings. The third kappa shape index (κ3) is 10.0. The second-order valence-electron chi connectivity index (χ2n) is 8.52. The lowest BCUT2D eigenvalue weighted by Gasteiger charge is -2.14. The number of carbonyl (C=O) groups is 1. The van der Waals surface area contributed by atoms with Crippen LogP contribution < -0.4 is 4.74 Å². The summed E-state index contributed by atoms with van der Waals surface area (Å²) in [6.07, 6.45) is 17.1. The van der Waals surface area contributed by atoms with Crippen molar-refractivity contribution >= 4 is 6.16 Å². The van der Waals surface area contributed by atoms with Crippen LogP contribution in [0.5, 0.6) is 5.75 Å². The van der Waals surface area contributed by atoms with E-state index in [4.69, 9.17) is 9.84 Å². The van der Waals surface area contributed by atoms with Gasteiger partial charge in [0, 0.05) is 5.56 Å². The lowest BCUT2D eigenvalue weighted by Crippen LogP contribution is -2.05. The first-order chi connectivity index (χ1) is 15.2. The van der Waals surface area contributed by atoms with Gasteiger partial charge in [-0.3, -0.25) is 0 Å². The van der Waals surface area contributed by atoms with Crippen LogP contribution in [0.4, 0.5) is 4.79 Å². The molecule has 0 unspecified atom stereocenters.